The molecule has 0 saturated carbocycles. The van der Waals surface area contributed by atoms with Crippen molar-refractivity contribution >= 4 is 63.3 Å². The van der Waals surface area contributed by atoms with Crippen LogP contribution < -0.4 is 30.3 Å². The summed E-state index contributed by atoms with van der Waals surface area (Å²) >= 11 is 0. The normalized spacial score (nSPS) is 13.1. The molecule has 10 rings (SSSR count). The van der Waals surface area contributed by atoms with Crippen molar-refractivity contribution in [3.05, 3.63) is 170 Å². The van der Waals surface area contributed by atoms with Gasteiger partial charge in [-0.25, -0.2) is 0 Å². The predicted molar refractivity (Wildman–Crippen MR) is 195 cm³/mol. The highest BCUT2D eigenvalue weighted by Crippen LogP contribution is 2.56. The Morgan fingerprint density at radius 1 is 0.468 bits per heavy atom. The molecule has 0 bridgehead atoms. The summed E-state index contributed by atoms with van der Waals surface area (Å²) in [5.74, 6) is 1.76. The van der Waals surface area contributed by atoms with E-state index in [2.05, 4.69) is 184 Å². The van der Waals surface area contributed by atoms with Gasteiger partial charge >= 0.3 is 6.85 Å². The van der Waals surface area contributed by atoms with Gasteiger partial charge in [-0.15, -0.1) is 0 Å². The van der Waals surface area contributed by atoms with E-state index in [1.165, 1.54) is 33.4 Å². The largest absolute Gasteiger partial charge is 0.453 e. The molecule has 0 aliphatic carbocycles. The number of hydrogen-bond acceptors (Lipinski definition) is 4. The lowest BCUT2D eigenvalue weighted by atomic mass is 9.43. The predicted octanol–water partition coefficient (Wildman–Crippen LogP) is 9.97. The molecule has 0 N–H and O–H groups in total. The zero-order valence-corrected chi connectivity index (χ0v) is 25.5. The van der Waals surface area contributed by atoms with E-state index in [1.807, 2.05) is 0 Å². The Bertz CT molecular complexity index is 2270. The number of anilines is 8. The summed E-state index contributed by atoms with van der Waals surface area (Å²) in [5.41, 5.74) is 13.9. The summed E-state index contributed by atoms with van der Waals surface area (Å²) in [7, 11) is 0. The molecule has 0 saturated heterocycles. The summed E-state index contributed by atoms with van der Waals surface area (Å²) in [6, 6.07) is 60.6. The van der Waals surface area contributed by atoms with Crippen molar-refractivity contribution in [2.24, 2.45) is 0 Å². The molecule has 47 heavy (non-hydrogen) atoms. The highest BCUT2D eigenvalue weighted by atomic mass is 16.5. The Morgan fingerprint density at radius 3 is 1.83 bits per heavy atom. The minimum atomic E-state index is -0.0502. The molecule has 3 heterocycles. The molecule has 0 fully saturated rings. The van der Waals surface area contributed by atoms with E-state index in [0.29, 0.717) is 0 Å². The molecule has 7 aromatic rings. The van der Waals surface area contributed by atoms with Gasteiger partial charge in [-0.2, -0.15) is 0 Å². The number of nitrogens with zero attached hydrogens (tertiary/aromatic N) is 3. The lowest BCUT2D eigenvalue weighted by molar-refractivity contribution is 0.478. The van der Waals surface area contributed by atoms with Gasteiger partial charge in [0.2, 0.25) is 0 Å². The van der Waals surface area contributed by atoms with Crippen LogP contribution in [0.2, 0.25) is 0 Å². The lowest BCUT2D eigenvalue weighted by Gasteiger charge is -2.48. The molecule has 0 radical (unpaired) electrons. The molecule has 0 aromatic heterocycles. The molecule has 4 nitrogen and oxygen atoms in total. The van der Waals surface area contributed by atoms with Gasteiger partial charge in [0.05, 0.1) is 11.4 Å². The third-order valence-corrected chi connectivity index (χ3v) is 9.56. The lowest BCUT2D eigenvalue weighted by Crippen LogP contribution is -2.62. The Kier molecular flexibility index (Phi) is 5.63. The van der Waals surface area contributed by atoms with Gasteiger partial charge in [-0.1, -0.05) is 97.1 Å². The molecular weight excluding hydrogens is 573 g/mol. The van der Waals surface area contributed by atoms with Crippen molar-refractivity contribution in [2.45, 2.75) is 0 Å². The second-order valence-electron chi connectivity index (χ2n) is 12.2. The summed E-state index contributed by atoms with van der Waals surface area (Å²) in [4.78, 5) is 7.33. The van der Waals surface area contributed by atoms with E-state index in [-0.39, 0.29) is 6.85 Å². The summed E-state index contributed by atoms with van der Waals surface area (Å²) in [6.07, 6.45) is 0. The molecule has 0 spiro atoms. The summed E-state index contributed by atoms with van der Waals surface area (Å²) in [6.45, 7) is -0.0502. The minimum absolute atomic E-state index is 0.0502. The first-order valence-corrected chi connectivity index (χ1v) is 16.1. The molecule has 3 aliphatic rings. The molecular formula is C42H28BN3O. The number of benzene rings is 7. The Hall–Kier alpha value is -6.20. The van der Waals surface area contributed by atoms with E-state index < -0.39 is 0 Å². The summed E-state index contributed by atoms with van der Waals surface area (Å²) < 4.78 is 6.61. The van der Waals surface area contributed by atoms with E-state index in [9.17, 15) is 0 Å². The number of ether oxygens (including phenoxy) is 1. The van der Waals surface area contributed by atoms with Crippen LogP contribution in [0.4, 0.5) is 45.5 Å². The Balaban J connectivity index is 1.33. The average Bonchev–Trinajstić information content (AvgIpc) is 3.14. The van der Waals surface area contributed by atoms with Crippen LogP contribution in [-0.2, 0) is 0 Å². The quantitative estimate of drug-likeness (QED) is 0.187. The maximum absolute atomic E-state index is 6.61. The maximum atomic E-state index is 6.61. The molecule has 0 unspecified atom stereocenters. The molecule has 3 aliphatic heterocycles. The molecule has 5 heteroatoms. The van der Waals surface area contributed by atoms with Crippen LogP contribution in [0.3, 0.4) is 0 Å². The third-order valence-electron chi connectivity index (χ3n) is 9.56. The number of rotatable bonds is 4. The Morgan fingerprint density at radius 2 is 1.09 bits per heavy atom. The standard InChI is InChI=1S/C42H28BN3O/c1-4-15-29(16-5-1)44(30-17-6-2-7-18-30)32-27-34-33-21-14-26-40-42(33)46(37-24-12-13-25-39(37)47-40)43-35-22-10-11-23-36(35)45(38(28-32)41(34)43)31-19-8-3-9-20-31/h1-28H. The first kappa shape index (κ1) is 26.1. The number of para-hydroxylation sites is 7. The van der Waals surface area contributed by atoms with Crippen LogP contribution in [0.5, 0.6) is 11.5 Å². The maximum Gasteiger partial charge on any atom is 0.333 e. The zero-order chi connectivity index (χ0) is 30.9. The Labute approximate surface area is 274 Å². The van der Waals surface area contributed by atoms with Crippen molar-refractivity contribution in [2.75, 3.05) is 14.6 Å². The van der Waals surface area contributed by atoms with Crippen molar-refractivity contribution < 1.29 is 4.74 Å². The highest BCUT2D eigenvalue weighted by Gasteiger charge is 2.48. The third kappa shape index (κ3) is 3.83. The zero-order valence-electron chi connectivity index (χ0n) is 25.5. The monoisotopic (exact) mass is 601 g/mol. The SMILES string of the molecule is c1ccc(N(c2ccccc2)c2cc3c4c(c2)N(c2ccccc2)c2ccccc2B4N2c4ccccc4Oc4cccc-3c42)cc1. The smallest absolute Gasteiger partial charge is 0.333 e. The van der Waals surface area contributed by atoms with Crippen LogP contribution in [0, 0.1) is 0 Å². The second kappa shape index (κ2) is 10.2. The molecule has 0 atom stereocenters. The van der Waals surface area contributed by atoms with Crippen molar-refractivity contribution in [3.63, 3.8) is 0 Å². The van der Waals surface area contributed by atoms with Gasteiger partial charge in [0.25, 0.3) is 0 Å². The van der Waals surface area contributed by atoms with Gasteiger partial charge in [-0.3, -0.25) is 0 Å². The first-order chi connectivity index (χ1) is 23.3. The first-order valence-electron chi connectivity index (χ1n) is 16.1. The van der Waals surface area contributed by atoms with Gasteiger partial charge in [0, 0.05) is 39.7 Å². The fourth-order valence-corrected chi connectivity index (χ4v) is 7.70. The van der Waals surface area contributed by atoms with Crippen LogP contribution in [-0.4, -0.2) is 6.85 Å². The number of fused-ring (bicyclic) bond motifs is 6. The molecule has 220 valence electrons. The minimum Gasteiger partial charge on any atom is -0.453 e. The van der Waals surface area contributed by atoms with Crippen molar-refractivity contribution in [1.82, 2.24) is 0 Å². The average molecular weight is 602 g/mol. The van der Waals surface area contributed by atoms with Crippen molar-refractivity contribution in [3.8, 4) is 22.6 Å². The fraction of sp³-hybridized carbons (Fsp3) is 0. The van der Waals surface area contributed by atoms with Gasteiger partial charge in [0.15, 0.2) is 5.75 Å². The van der Waals surface area contributed by atoms with Crippen LogP contribution in [0.1, 0.15) is 0 Å². The van der Waals surface area contributed by atoms with Crippen molar-refractivity contribution in [1.29, 1.82) is 0 Å². The second-order valence-corrected chi connectivity index (χ2v) is 12.2. The molecule has 0 amide bonds. The van der Waals surface area contributed by atoms with E-state index >= 15 is 0 Å². The fourth-order valence-electron chi connectivity index (χ4n) is 7.70. The van der Waals surface area contributed by atoms with E-state index in [0.717, 1.165) is 45.6 Å². The van der Waals surface area contributed by atoms with Gasteiger partial charge < -0.3 is 19.3 Å². The van der Waals surface area contributed by atoms with E-state index in [1.54, 1.807) is 0 Å². The van der Waals surface area contributed by atoms with Gasteiger partial charge in [-0.05, 0) is 89.3 Å². The van der Waals surface area contributed by atoms with Crippen LogP contribution in [0.25, 0.3) is 11.1 Å². The summed E-state index contributed by atoms with van der Waals surface area (Å²) in [5, 5.41) is 0. The topological polar surface area (TPSA) is 19.0 Å². The van der Waals surface area contributed by atoms with Gasteiger partial charge in [0.1, 0.15) is 5.75 Å². The van der Waals surface area contributed by atoms with E-state index in [4.69, 9.17) is 4.74 Å². The van der Waals surface area contributed by atoms with Crippen LogP contribution in [0.15, 0.2) is 170 Å². The number of hydrogen-bond donors (Lipinski definition) is 0. The highest BCUT2D eigenvalue weighted by molar-refractivity contribution is 6.93. The molecule has 7 aromatic carbocycles. The van der Waals surface area contributed by atoms with Crippen LogP contribution >= 0.6 is 0 Å².